The highest BCUT2D eigenvalue weighted by molar-refractivity contribution is 6.06. The van der Waals surface area contributed by atoms with Gasteiger partial charge in [0.15, 0.2) is 0 Å². The number of fused-ring (bicyclic) bond motifs is 1. The average Bonchev–Trinajstić information content (AvgIpc) is 3.57. The standard InChI is InChI=1S/C25H22N4O2/c1-16-26-22-14-18(12-13-23(22)29(16)21-8-3-2-4-9-21)25(31)28-20-7-5-6-19(15-20)27-24(30)17-10-11-17/h2-9,12-15,17H,10-11H2,1H3,(H,27,30)(H,28,31). The molecular weight excluding hydrogens is 388 g/mol. The number of carbonyl (C=O) groups excluding carboxylic acids is 2. The van der Waals surface area contributed by atoms with Crippen LogP contribution in [0.2, 0.25) is 0 Å². The molecule has 1 aliphatic rings. The second-order valence-corrected chi connectivity index (χ2v) is 7.83. The van der Waals surface area contributed by atoms with Crippen LogP contribution in [0.4, 0.5) is 11.4 Å². The van der Waals surface area contributed by atoms with Gasteiger partial charge in [-0.05, 0) is 68.3 Å². The van der Waals surface area contributed by atoms with E-state index in [-0.39, 0.29) is 17.7 Å². The van der Waals surface area contributed by atoms with Crippen LogP contribution >= 0.6 is 0 Å². The molecule has 1 aromatic heterocycles. The summed E-state index contributed by atoms with van der Waals surface area (Å²) in [5.74, 6) is 0.805. The number of rotatable bonds is 5. The lowest BCUT2D eigenvalue weighted by molar-refractivity contribution is -0.117. The van der Waals surface area contributed by atoms with Gasteiger partial charge in [-0.25, -0.2) is 4.98 Å². The molecule has 6 heteroatoms. The Hall–Kier alpha value is -3.93. The summed E-state index contributed by atoms with van der Waals surface area (Å²) >= 11 is 0. The summed E-state index contributed by atoms with van der Waals surface area (Å²) in [6.45, 7) is 1.95. The quantitative estimate of drug-likeness (QED) is 0.490. The van der Waals surface area contributed by atoms with Crippen molar-refractivity contribution in [2.24, 2.45) is 5.92 Å². The Morgan fingerprint density at radius 1 is 0.903 bits per heavy atom. The molecule has 154 valence electrons. The van der Waals surface area contributed by atoms with Gasteiger partial charge >= 0.3 is 0 Å². The summed E-state index contributed by atoms with van der Waals surface area (Å²) < 4.78 is 2.07. The van der Waals surface area contributed by atoms with Crippen LogP contribution in [0.5, 0.6) is 0 Å². The third-order valence-corrected chi connectivity index (χ3v) is 5.43. The number of benzene rings is 3. The lowest BCUT2D eigenvalue weighted by Gasteiger charge is -2.09. The fraction of sp³-hybridized carbons (Fsp3) is 0.160. The molecule has 0 spiro atoms. The zero-order chi connectivity index (χ0) is 21.4. The number of aryl methyl sites for hydroxylation is 1. The van der Waals surface area contributed by atoms with Crippen molar-refractivity contribution >= 4 is 34.2 Å². The van der Waals surface area contributed by atoms with Crippen molar-refractivity contribution in [2.45, 2.75) is 19.8 Å². The summed E-state index contributed by atoms with van der Waals surface area (Å²) in [4.78, 5) is 29.5. The van der Waals surface area contributed by atoms with Crippen LogP contribution in [0.1, 0.15) is 29.0 Å². The number of amides is 2. The number of nitrogens with zero attached hydrogens (tertiary/aromatic N) is 2. The van der Waals surface area contributed by atoms with Crippen molar-refractivity contribution in [3.63, 3.8) is 0 Å². The van der Waals surface area contributed by atoms with Gasteiger partial charge in [-0.2, -0.15) is 0 Å². The minimum absolute atomic E-state index is 0.0401. The van der Waals surface area contributed by atoms with E-state index in [4.69, 9.17) is 0 Å². The first kappa shape index (κ1) is 19.1. The molecule has 5 rings (SSSR count). The summed E-state index contributed by atoms with van der Waals surface area (Å²) in [6, 6.07) is 22.7. The molecule has 1 fully saturated rings. The molecule has 2 amide bonds. The Balaban J connectivity index is 1.37. The number of para-hydroxylation sites is 1. The third-order valence-electron chi connectivity index (χ3n) is 5.43. The normalized spacial score (nSPS) is 13.2. The number of carbonyl (C=O) groups is 2. The summed E-state index contributed by atoms with van der Waals surface area (Å²) in [5, 5.41) is 5.81. The third kappa shape index (κ3) is 3.92. The van der Waals surface area contributed by atoms with E-state index in [0.717, 1.165) is 35.4 Å². The maximum absolute atomic E-state index is 12.8. The highest BCUT2D eigenvalue weighted by atomic mass is 16.2. The maximum atomic E-state index is 12.8. The van der Waals surface area contributed by atoms with Crippen LogP contribution in [-0.4, -0.2) is 21.4 Å². The van der Waals surface area contributed by atoms with Crippen LogP contribution < -0.4 is 10.6 Å². The van der Waals surface area contributed by atoms with Crippen molar-refractivity contribution in [2.75, 3.05) is 10.6 Å². The SMILES string of the molecule is Cc1nc2cc(C(=O)Nc3cccc(NC(=O)C4CC4)c3)ccc2n1-c1ccccc1. The molecule has 4 aromatic rings. The van der Waals surface area contributed by atoms with Crippen molar-refractivity contribution < 1.29 is 9.59 Å². The number of anilines is 2. The average molecular weight is 410 g/mol. The molecular formula is C25H22N4O2. The van der Waals surface area contributed by atoms with Crippen LogP contribution in [-0.2, 0) is 4.79 Å². The predicted molar refractivity (Wildman–Crippen MR) is 122 cm³/mol. The zero-order valence-electron chi connectivity index (χ0n) is 17.1. The van der Waals surface area contributed by atoms with Crippen LogP contribution in [0, 0.1) is 12.8 Å². The van der Waals surface area contributed by atoms with Crippen LogP contribution in [0.3, 0.4) is 0 Å². The summed E-state index contributed by atoms with van der Waals surface area (Å²) in [6.07, 6.45) is 1.90. The smallest absolute Gasteiger partial charge is 0.255 e. The van der Waals surface area contributed by atoms with E-state index >= 15 is 0 Å². The minimum Gasteiger partial charge on any atom is -0.326 e. The van der Waals surface area contributed by atoms with E-state index < -0.39 is 0 Å². The fourth-order valence-corrected chi connectivity index (χ4v) is 3.71. The van der Waals surface area contributed by atoms with Gasteiger partial charge in [0.1, 0.15) is 5.82 Å². The van der Waals surface area contributed by atoms with Gasteiger partial charge in [0.25, 0.3) is 5.91 Å². The fourth-order valence-electron chi connectivity index (χ4n) is 3.71. The molecule has 1 aliphatic carbocycles. The van der Waals surface area contributed by atoms with E-state index in [1.54, 1.807) is 24.3 Å². The molecule has 1 saturated carbocycles. The Morgan fingerprint density at radius 2 is 1.65 bits per heavy atom. The minimum atomic E-state index is -0.223. The van der Waals surface area contributed by atoms with Gasteiger partial charge in [-0.15, -0.1) is 0 Å². The van der Waals surface area contributed by atoms with E-state index in [0.29, 0.717) is 16.9 Å². The van der Waals surface area contributed by atoms with Gasteiger partial charge in [0.2, 0.25) is 5.91 Å². The van der Waals surface area contributed by atoms with Crippen molar-refractivity contribution in [1.29, 1.82) is 0 Å². The second kappa shape index (κ2) is 7.72. The largest absolute Gasteiger partial charge is 0.326 e. The summed E-state index contributed by atoms with van der Waals surface area (Å²) in [5.41, 5.74) is 4.58. The van der Waals surface area contributed by atoms with Gasteiger partial charge in [0.05, 0.1) is 11.0 Å². The lowest BCUT2D eigenvalue weighted by atomic mass is 10.1. The molecule has 0 bridgehead atoms. The number of hydrogen-bond donors (Lipinski definition) is 2. The second-order valence-electron chi connectivity index (χ2n) is 7.83. The van der Waals surface area contributed by atoms with E-state index in [1.165, 1.54) is 0 Å². The Bertz CT molecular complexity index is 1290. The predicted octanol–water partition coefficient (Wildman–Crippen LogP) is 4.93. The lowest BCUT2D eigenvalue weighted by Crippen LogP contribution is -2.14. The van der Waals surface area contributed by atoms with E-state index in [1.807, 2.05) is 55.5 Å². The van der Waals surface area contributed by atoms with Crippen molar-refractivity contribution in [3.05, 3.63) is 84.2 Å². The molecule has 6 nitrogen and oxygen atoms in total. The highest BCUT2D eigenvalue weighted by Gasteiger charge is 2.29. The monoisotopic (exact) mass is 410 g/mol. The van der Waals surface area contributed by atoms with Crippen LogP contribution in [0.15, 0.2) is 72.8 Å². The Morgan fingerprint density at radius 3 is 2.39 bits per heavy atom. The topological polar surface area (TPSA) is 76.0 Å². The number of imidazole rings is 1. The first-order chi connectivity index (χ1) is 15.1. The molecule has 1 heterocycles. The zero-order valence-corrected chi connectivity index (χ0v) is 17.1. The highest BCUT2D eigenvalue weighted by Crippen LogP contribution is 2.30. The number of nitrogens with one attached hydrogen (secondary N) is 2. The molecule has 0 atom stereocenters. The molecule has 0 aliphatic heterocycles. The van der Waals surface area contributed by atoms with E-state index in [9.17, 15) is 9.59 Å². The first-order valence-corrected chi connectivity index (χ1v) is 10.4. The first-order valence-electron chi connectivity index (χ1n) is 10.4. The Kier molecular flexibility index (Phi) is 4.75. The number of hydrogen-bond acceptors (Lipinski definition) is 3. The maximum Gasteiger partial charge on any atom is 0.255 e. The molecule has 31 heavy (non-hydrogen) atoms. The molecule has 0 saturated heterocycles. The Labute approximate surface area is 179 Å². The summed E-state index contributed by atoms with van der Waals surface area (Å²) in [7, 11) is 0. The molecule has 2 N–H and O–H groups in total. The van der Waals surface area contributed by atoms with Gasteiger partial charge in [-0.3, -0.25) is 14.2 Å². The molecule has 0 radical (unpaired) electrons. The molecule has 3 aromatic carbocycles. The van der Waals surface area contributed by atoms with Gasteiger partial charge in [-0.1, -0.05) is 24.3 Å². The number of aromatic nitrogens is 2. The van der Waals surface area contributed by atoms with Crippen LogP contribution in [0.25, 0.3) is 16.7 Å². The van der Waals surface area contributed by atoms with Gasteiger partial charge < -0.3 is 10.6 Å². The molecule has 0 unspecified atom stereocenters. The van der Waals surface area contributed by atoms with Crippen molar-refractivity contribution in [1.82, 2.24) is 9.55 Å². The van der Waals surface area contributed by atoms with E-state index in [2.05, 4.69) is 20.2 Å². The van der Waals surface area contributed by atoms with Crippen molar-refractivity contribution in [3.8, 4) is 5.69 Å². The van der Waals surface area contributed by atoms with Gasteiger partial charge in [0, 0.05) is 28.5 Å².